The Morgan fingerprint density at radius 2 is 2.15 bits per heavy atom. The van der Waals surface area contributed by atoms with Gasteiger partial charge in [0.15, 0.2) is 0 Å². The molecule has 1 heterocycles. The lowest BCUT2D eigenvalue weighted by Crippen LogP contribution is -2.38. The van der Waals surface area contributed by atoms with Gasteiger partial charge in [-0.2, -0.15) is 11.8 Å². The van der Waals surface area contributed by atoms with Crippen molar-refractivity contribution in [2.75, 3.05) is 24.7 Å². The SMILES string of the molecule is CCNC(c1ccc(OC2CC2)cc1)C1CSCCO1. The van der Waals surface area contributed by atoms with Crippen LogP contribution < -0.4 is 10.1 Å². The standard InChI is InChI=1S/C16H23NO2S/c1-2-17-16(15-11-20-10-9-18-15)12-3-5-13(6-4-12)19-14-7-8-14/h3-6,14-17H,2,7-11H2,1H3. The van der Waals surface area contributed by atoms with Crippen LogP contribution in [0.3, 0.4) is 0 Å². The molecule has 1 aliphatic heterocycles. The Labute approximate surface area is 125 Å². The van der Waals surface area contributed by atoms with Crippen molar-refractivity contribution in [3.8, 4) is 5.75 Å². The van der Waals surface area contributed by atoms with Crippen molar-refractivity contribution in [2.45, 2.75) is 38.0 Å². The summed E-state index contributed by atoms with van der Waals surface area (Å²) in [4.78, 5) is 0. The van der Waals surface area contributed by atoms with E-state index in [1.807, 2.05) is 11.8 Å². The minimum atomic E-state index is 0.268. The van der Waals surface area contributed by atoms with E-state index in [4.69, 9.17) is 9.47 Å². The molecular formula is C16H23NO2S. The molecule has 1 saturated heterocycles. The molecule has 3 rings (SSSR count). The molecule has 0 aromatic heterocycles. The highest BCUT2D eigenvalue weighted by Crippen LogP contribution is 2.29. The first kappa shape index (κ1) is 14.2. The van der Waals surface area contributed by atoms with Crippen LogP contribution >= 0.6 is 11.8 Å². The molecule has 0 amide bonds. The number of ether oxygens (including phenoxy) is 2. The molecule has 1 aromatic rings. The third kappa shape index (κ3) is 3.68. The van der Waals surface area contributed by atoms with Crippen molar-refractivity contribution < 1.29 is 9.47 Å². The van der Waals surface area contributed by atoms with Gasteiger partial charge in [0.25, 0.3) is 0 Å². The Morgan fingerprint density at radius 3 is 2.75 bits per heavy atom. The van der Waals surface area contributed by atoms with Crippen LogP contribution in [0.2, 0.25) is 0 Å². The molecule has 4 heteroatoms. The first-order chi connectivity index (χ1) is 9.86. The number of benzene rings is 1. The highest BCUT2D eigenvalue weighted by molar-refractivity contribution is 7.99. The molecule has 1 aliphatic carbocycles. The summed E-state index contributed by atoms with van der Waals surface area (Å²) in [6.45, 7) is 3.96. The predicted octanol–water partition coefficient (Wildman–Crippen LogP) is 3.01. The molecule has 2 unspecified atom stereocenters. The van der Waals surface area contributed by atoms with Crippen LogP contribution in [0.15, 0.2) is 24.3 Å². The molecule has 2 aliphatic rings. The number of hydrogen-bond donors (Lipinski definition) is 1. The Morgan fingerprint density at radius 1 is 1.35 bits per heavy atom. The van der Waals surface area contributed by atoms with E-state index in [-0.39, 0.29) is 12.1 Å². The largest absolute Gasteiger partial charge is 0.490 e. The summed E-state index contributed by atoms with van der Waals surface area (Å²) in [6.07, 6.45) is 3.14. The van der Waals surface area contributed by atoms with E-state index in [1.165, 1.54) is 18.4 Å². The third-order valence-corrected chi connectivity index (χ3v) is 4.72. The minimum absolute atomic E-state index is 0.268. The Balaban J connectivity index is 1.68. The summed E-state index contributed by atoms with van der Waals surface area (Å²) >= 11 is 1.98. The van der Waals surface area contributed by atoms with Crippen LogP contribution in [0.4, 0.5) is 0 Å². The van der Waals surface area contributed by atoms with Gasteiger partial charge in [0.05, 0.1) is 24.9 Å². The molecule has 2 atom stereocenters. The van der Waals surface area contributed by atoms with E-state index in [1.54, 1.807) is 0 Å². The van der Waals surface area contributed by atoms with Crippen LogP contribution in [0, 0.1) is 0 Å². The Kier molecular flexibility index (Phi) is 4.86. The van der Waals surface area contributed by atoms with Crippen LogP contribution in [0.5, 0.6) is 5.75 Å². The van der Waals surface area contributed by atoms with Gasteiger partial charge in [0.1, 0.15) is 5.75 Å². The summed E-state index contributed by atoms with van der Waals surface area (Å²) in [5.74, 6) is 3.17. The number of nitrogens with one attached hydrogen (secondary N) is 1. The lowest BCUT2D eigenvalue weighted by molar-refractivity contribution is 0.0472. The van der Waals surface area contributed by atoms with Gasteiger partial charge >= 0.3 is 0 Å². The van der Waals surface area contributed by atoms with Crippen molar-refractivity contribution in [3.05, 3.63) is 29.8 Å². The normalized spacial score (nSPS) is 24.4. The van der Waals surface area contributed by atoms with Gasteiger partial charge in [-0.05, 0) is 37.1 Å². The van der Waals surface area contributed by atoms with E-state index in [0.29, 0.717) is 6.10 Å². The molecule has 0 bridgehead atoms. The second-order valence-electron chi connectivity index (χ2n) is 5.41. The summed E-state index contributed by atoms with van der Waals surface area (Å²) in [6, 6.07) is 8.81. The van der Waals surface area contributed by atoms with Crippen molar-refractivity contribution in [2.24, 2.45) is 0 Å². The molecule has 20 heavy (non-hydrogen) atoms. The van der Waals surface area contributed by atoms with Crippen LogP contribution in [0.1, 0.15) is 31.4 Å². The predicted molar refractivity (Wildman–Crippen MR) is 83.6 cm³/mol. The highest BCUT2D eigenvalue weighted by atomic mass is 32.2. The maximum atomic E-state index is 5.94. The van der Waals surface area contributed by atoms with E-state index >= 15 is 0 Å². The van der Waals surface area contributed by atoms with E-state index in [9.17, 15) is 0 Å². The summed E-state index contributed by atoms with van der Waals surface area (Å²) < 4.78 is 11.7. The van der Waals surface area contributed by atoms with Crippen LogP contribution in [-0.2, 0) is 4.74 Å². The average molecular weight is 293 g/mol. The van der Waals surface area contributed by atoms with E-state index in [0.717, 1.165) is 30.4 Å². The Bertz CT molecular complexity index is 413. The third-order valence-electron chi connectivity index (χ3n) is 3.70. The molecule has 0 radical (unpaired) electrons. The molecule has 110 valence electrons. The molecule has 1 aromatic carbocycles. The second-order valence-corrected chi connectivity index (χ2v) is 6.56. The van der Waals surface area contributed by atoms with Crippen molar-refractivity contribution in [1.82, 2.24) is 5.32 Å². The topological polar surface area (TPSA) is 30.5 Å². The quantitative estimate of drug-likeness (QED) is 0.873. The average Bonchev–Trinajstić information content (AvgIpc) is 3.31. The monoisotopic (exact) mass is 293 g/mol. The molecule has 1 N–H and O–H groups in total. The smallest absolute Gasteiger partial charge is 0.119 e. The van der Waals surface area contributed by atoms with Crippen LogP contribution in [-0.4, -0.2) is 36.9 Å². The van der Waals surface area contributed by atoms with Gasteiger partial charge in [-0.25, -0.2) is 0 Å². The fourth-order valence-electron chi connectivity index (χ4n) is 2.51. The minimum Gasteiger partial charge on any atom is -0.490 e. The zero-order valence-corrected chi connectivity index (χ0v) is 12.8. The number of thioether (sulfide) groups is 1. The lowest BCUT2D eigenvalue weighted by atomic mass is 10.0. The molecule has 1 saturated carbocycles. The fourth-order valence-corrected chi connectivity index (χ4v) is 3.42. The number of hydrogen-bond acceptors (Lipinski definition) is 4. The molecule has 3 nitrogen and oxygen atoms in total. The first-order valence-electron chi connectivity index (χ1n) is 7.56. The van der Waals surface area contributed by atoms with Gasteiger partial charge in [0, 0.05) is 11.5 Å². The zero-order chi connectivity index (χ0) is 13.8. The summed E-state index contributed by atoms with van der Waals surface area (Å²) in [5, 5.41) is 3.56. The lowest BCUT2D eigenvalue weighted by Gasteiger charge is -2.31. The van der Waals surface area contributed by atoms with Gasteiger partial charge in [-0.3, -0.25) is 0 Å². The zero-order valence-electron chi connectivity index (χ0n) is 12.0. The fraction of sp³-hybridized carbons (Fsp3) is 0.625. The molecule has 2 fully saturated rings. The van der Waals surface area contributed by atoms with Crippen molar-refractivity contribution in [1.29, 1.82) is 0 Å². The van der Waals surface area contributed by atoms with Crippen LogP contribution in [0.25, 0.3) is 0 Å². The van der Waals surface area contributed by atoms with Gasteiger partial charge in [-0.15, -0.1) is 0 Å². The van der Waals surface area contributed by atoms with Crippen molar-refractivity contribution in [3.63, 3.8) is 0 Å². The molecular weight excluding hydrogens is 270 g/mol. The van der Waals surface area contributed by atoms with Gasteiger partial charge in [0.2, 0.25) is 0 Å². The molecule has 0 spiro atoms. The second kappa shape index (κ2) is 6.83. The van der Waals surface area contributed by atoms with Gasteiger partial charge in [-0.1, -0.05) is 19.1 Å². The van der Waals surface area contributed by atoms with Crippen molar-refractivity contribution >= 4 is 11.8 Å². The summed E-state index contributed by atoms with van der Waals surface area (Å²) in [7, 11) is 0. The summed E-state index contributed by atoms with van der Waals surface area (Å²) in [5.41, 5.74) is 1.29. The Hall–Kier alpha value is -0.710. The number of rotatable bonds is 6. The van der Waals surface area contributed by atoms with E-state index in [2.05, 4.69) is 36.5 Å². The maximum absolute atomic E-state index is 5.94. The first-order valence-corrected chi connectivity index (χ1v) is 8.71. The maximum Gasteiger partial charge on any atom is 0.119 e. The number of likely N-dealkylation sites (N-methyl/N-ethyl adjacent to an activating group) is 1. The van der Waals surface area contributed by atoms with Gasteiger partial charge < -0.3 is 14.8 Å². The highest BCUT2D eigenvalue weighted by Gasteiger charge is 2.26. The van der Waals surface area contributed by atoms with E-state index < -0.39 is 0 Å².